The first-order chi connectivity index (χ1) is 9.83. The second-order valence-corrected chi connectivity index (χ2v) is 6.33. The van der Waals surface area contributed by atoms with E-state index in [0.717, 1.165) is 11.6 Å². The molecule has 0 amide bonds. The molecule has 0 spiro atoms. The minimum Gasteiger partial charge on any atom is -0.277 e. The van der Waals surface area contributed by atoms with Crippen molar-refractivity contribution in [3.63, 3.8) is 0 Å². The highest BCUT2D eigenvalue weighted by molar-refractivity contribution is 7.92. The van der Waals surface area contributed by atoms with Gasteiger partial charge < -0.3 is 0 Å². The van der Waals surface area contributed by atoms with Crippen molar-refractivity contribution < 1.29 is 12.8 Å². The first kappa shape index (κ1) is 15.0. The van der Waals surface area contributed by atoms with Gasteiger partial charge in [-0.25, -0.2) is 12.8 Å². The second-order valence-electron chi connectivity index (χ2n) is 4.68. The molecule has 2 rings (SSSR count). The van der Waals surface area contributed by atoms with Gasteiger partial charge in [-0.3, -0.25) is 4.72 Å². The Balaban J connectivity index is 2.43. The molecule has 6 heteroatoms. The summed E-state index contributed by atoms with van der Waals surface area (Å²) < 4.78 is 40.7. The molecule has 0 aromatic heterocycles. The Kier molecular flexibility index (Phi) is 3.96. The zero-order chi connectivity index (χ0) is 15.6. The van der Waals surface area contributed by atoms with Crippen LogP contribution in [-0.2, 0) is 10.0 Å². The summed E-state index contributed by atoms with van der Waals surface area (Å²) in [4.78, 5) is 0.103. The molecule has 0 unspecified atom stereocenters. The lowest BCUT2D eigenvalue weighted by atomic mass is 10.2. The first-order valence-corrected chi connectivity index (χ1v) is 7.61. The highest BCUT2D eigenvalue weighted by atomic mass is 32.2. The summed E-state index contributed by atoms with van der Waals surface area (Å²) in [6.45, 7) is 3.45. The summed E-state index contributed by atoms with van der Waals surface area (Å²) in [6, 6.07) is 10.4. The lowest BCUT2D eigenvalue weighted by Crippen LogP contribution is -2.15. The Hall–Kier alpha value is -2.39. The molecule has 2 aromatic rings. The van der Waals surface area contributed by atoms with Crippen LogP contribution in [0, 0.1) is 31.0 Å². The Morgan fingerprint density at radius 3 is 2.48 bits per heavy atom. The molecule has 0 bridgehead atoms. The van der Waals surface area contributed by atoms with Gasteiger partial charge in [0.25, 0.3) is 10.0 Å². The number of hydrogen-bond donors (Lipinski definition) is 1. The monoisotopic (exact) mass is 304 g/mol. The summed E-state index contributed by atoms with van der Waals surface area (Å²) in [5.74, 6) is -0.789. The molecule has 0 saturated heterocycles. The van der Waals surface area contributed by atoms with Crippen LogP contribution in [0.1, 0.15) is 16.7 Å². The molecule has 0 fully saturated rings. The molecule has 2 aromatic carbocycles. The fourth-order valence-corrected chi connectivity index (χ4v) is 3.26. The number of nitrogens with zero attached hydrogens (tertiary/aromatic N) is 1. The van der Waals surface area contributed by atoms with Crippen LogP contribution in [-0.4, -0.2) is 8.42 Å². The van der Waals surface area contributed by atoms with Crippen molar-refractivity contribution in [1.29, 1.82) is 5.26 Å². The van der Waals surface area contributed by atoms with Crippen molar-refractivity contribution >= 4 is 15.7 Å². The van der Waals surface area contributed by atoms with Crippen LogP contribution >= 0.6 is 0 Å². The van der Waals surface area contributed by atoms with Gasteiger partial charge in [-0.2, -0.15) is 5.26 Å². The molecular formula is C15H13FN2O2S. The van der Waals surface area contributed by atoms with Gasteiger partial charge in [-0.1, -0.05) is 12.1 Å². The van der Waals surface area contributed by atoms with Crippen molar-refractivity contribution in [1.82, 2.24) is 0 Å². The standard InChI is InChI=1S/C15H13FN2O2S/c1-10-3-4-11(2)15(7-10)21(19,20)18-14-6-5-12(9-17)8-13(14)16/h3-8,18H,1-2H3. The minimum atomic E-state index is -3.88. The Labute approximate surface area is 122 Å². The van der Waals surface area contributed by atoms with Crippen LogP contribution in [0.15, 0.2) is 41.3 Å². The largest absolute Gasteiger partial charge is 0.277 e. The third kappa shape index (κ3) is 3.20. The predicted octanol–water partition coefficient (Wildman–Crippen LogP) is 3.12. The van der Waals surface area contributed by atoms with E-state index in [9.17, 15) is 12.8 Å². The maximum absolute atomic E-state index is 13.8. The van der Waals surface area contributed by atoms with Gasteiger partial charge in [0.2, 0.25) is 0 Å². The van der Waals surface area contributed by atoms with E-state index in [-0.39, 0.29) is 16.1 Å². The van der Waals surface area contributed by atoms with Gasteiger partial charge in [-0.15, -0.1) is 0 Å². The molecule has 0 aliphatic carbocycles. The molecule has 21 heavy (non-hydrogen) atoms. The summed E-state index contributed by atoms with van der Waals surface area (Å²) >= 11 is 0. The SMILES string of the molecule is Cc1ccc(C)c(S(=O)(=O)Nc2ccc(C#N)cc2F)c1. The van der Waals surface area contributed by atoms with Gasteiger partial charge in [0.1, 0.15) is 5.82 Å². The maximum Gasteiger partial charge on any atom is 0.262 e. The maximum atomic E-state index is 13.8. The third-order valence-corrected chi connectivity index (χ3v) is 4.48. The van der Waals surface area contributed by atoms with Gasteiger partial charge in [0, 0.05) is 0 Å². The van der Waals surface area contributed by atoms with E-state index in [0.29, 0.717) is 5.56 Å². The number of hydrogen-bond acceptors (Lipinski definition) is 3. The molecule has 0 saturated carbocycles. The van der Waals surface area contributed by atoms with Crippen LogP contribution in [0.5, 0.6) is 0 Å². The summed E-state index contributed by atoms with van der Waals surface area (Å²) in [7, 11) is -3.88. The molecule has 0 aliphatic heterocycles. The van der Waals surface area contributed by atoms with Crippen molar-refractivity contribution in [3.8, 4) is 6.07 Å². The first-order valence-electron chi connectivity index (χ1n) is 6.13. The van der Waals surface area contributed by atoms with E-state index in [4.69, 9.17) is 5.26 Å². The molecular weight excluding hydrogens is 291 g/mol. The number of nitrogens with one attached hydrogen (secondary N) is 1. The molecule has 0 atom stereocenters. The van der Waals surface area contributed by atoms with Crippen molar-refractivity contribution in [2.75, 3.05) is 4.72 Å². The number of rotatable bonds is 3. The van der Waals surface area contributed by atoms with Crippen molar-refractivity contribution in [2.45, 2.75) is 18.7 Å². The summed E-state index contributed by atoms with van der Waals surface area (Å²) in [6.07, 6.45) is 0. The van der Waals surface area contributed by atoms with E-state index in [1.165, 1.54) is 18.2 Å². The Morgan fingerprint density at radius 1 is 1.14 bits per heavy atom. The molecule has 0 aliphatic rings. The zero-order valence-electron chi connectivity index (χ0n) is 11.5. The van der Waals surface area contributed by atoms with E-state index < -0.39 is 15.8 Å². The van der Waals surface area contributed by atoms with Gasteiger partial charge in [0.15, 0.2) is 0 Å². The average Bonchev–Trinajstić information content (AvgIpc) is 2.43. The molecule has 0 heterocycles. The van der Waals surface area contributed by atoms with E-state index in [1.54, 1.807) is 32.0 Å². The smallest absolute Gasteiger partial charge is 0.262 e. The number of benzene rings is 2. The average molecular weight is 304 g/mol. The van der Waals surface area contributed by atoms with E-state index >= 15 is 0 Å². The number of sulfonamides is 1. The lowest BCUT2D eigenvalue weighted by Gasteiger charge is -2.11. The fourth-order valence-electron chi connectivity index (χ4n) is 1.86. The van der Waals surface area contributed by atoms with Gasteiger partial charge in [0.05, 0.1) is 22.2 Å². The van der Waals surface area contributed by atoms with Crippen LogP contribution in [0.3, 0.4) is 0 Å². The minimum absolute atomic E-state index is 0.103. The highest BCUT2D eigenvalue weighted by Crippen LogP contribution is 2.22. The van der Waals surface area contributed by atoms with E-state index in [1.807, 2.05) is 0 Å². The topological polar surface area (TPSA) is 70.0 Å². The molecule has 4 nitrogen and oxygen atoms in total. The second kappa shape index (κ2) is 5.54. The summed E-state index contributed by atoms with van der Waals surface area (Å²) in [5.41, 5.74) is 1.31. The molecule has 0 radical (unpaired) electrons. The number of halogens is 1. The van der Waals surface area contributed by atoms with Crippen LogP contribution < -0.4 is 4.72 Å². The number of aryl methyl sites for hydroxylation is 2. The number of anilines is 1. The number of nitriles is 1. The zero-order valence-corrected chi connectivity index (χ0v) is 12.3. The van der Waals surface area contributed by atoms with Gasteiger partial charge in [-0.05, 0) is 49.2 Å². The van der Waals surface area contributed by atoms with Crippen LogP contribution in [0.25, 0.3) is 0 Å². The molecule has 108 valence electrons. The van der Waals surface area contributed by atoms with Crippen LogP contribution in [0.4, 0.5) is 10.1 Å². The van der Waals surface area contributed by atoms with E-state index in [2.05, 4.69) is 4.72 Å². The third-order valence-electron chi connectivity index (χ3n) is 2.98. The van der Waals surface area contributed by atoms with Crippen molar-refractivity contribution in [2.24, 2.45) is 0 Å². The van der Waals surface area contributed by atoms with Crippen molar-refractivity contribution in [3.05, 3.63) is 58.9 Å². The normalized spacial score (nSPS) is 11.0. The predicted molar refractivity (Wildman–Crippen MR) is 77.8 cm³/mol. The Bertz CT molecular complexity index is 839. The fraction of sp³-hybridized carbons (Fsp3) is 0.133. The highest BCUT2D eigenvalue weighted by Gasteiger charge is 2.18. The quantitative estimate of drug-likeness (QED) is 0.947. The molecule has 1 N–H and O–H groups in total. The van der Waals surface area contributed by atoms with Crippen LogP contribution in [0.2, 0.25) is 0 Å². The van der Waals surface area contributed by atoms with Gasteiger partial charge >= 0.3 is 0 Å². The summed E-state index contributed by atoms with van der Waals surface area (Å²) in [5, 5.41) is 8.68. The lowest BCUT2D eigenvalue weighted by molar-refractivity contribution is 0.598. The Morgan fingerprint density at radius 2 is 1.86 bits per heavy atom.